The first kappa shape index (κ1) is 22.7. The van der Waals surface area contributed by atoms with E-state index in [4.69, 9.17) is 0 Å². The summed E-state index contributed by atoms with van der Waals surface area (Å²) in [5.74, 6) is 0. The summed E-state index contributed by atoms with van der Waals surface area (Å²) < 4.78 is 2.61. The van der Waals surface area contributed by atoms with Gasteiger partial charge in [-0.2, -0.15) is 0 Å². The highest BCUT2D eigenvalue weighted by Gasteiger charge is 2.43. The van der Waals surface area contributed by atoms with Crippen molar-refractivity contribution in [1.29, 1.82) is 0 Å². The molecule has 1 heteroatoms. The standard InChI is InChI=1S/C39H33N/c1-37(2)28-13-8-7-11-24(28)25-18-17-22(20-32(25)37)23-19-27-26-12-9-14-29-34(26)40-35(27)33(21-23)39(5,6)31-16-10-15-30(36(31)40)38(29,3)4/h7-21H,1-6H3. The van der Waals surface area contributed by atoms with E-state index in [2.05, 4.69) is 137 Å². The maximum Gasteiger partial charge on any atom is 0.0582 e. The van der Waals surface area contributed by atoms with Crippen LogP contribution in [0.4, 0.5) is 0 Å². The fourth-order valence-corrected chi connectivity index (χ4v) is 8.53. The molecule has 0 saturated heterocycles. The number of hydrogen-bond acceptors (Lipinski definition) is 0. The van der Waals surface area contributed by atoms with E-state index in [9.17, 15) is 0 Å². The molecule has 0 fully saturated rings. The first-order valence-corrected chi connectivity index (χ1v) is 14.6. The number of hydrogen-bond donors (Lipinski definition) is 0. The Balaban J connectivity index is 1.39. The monoisotopic (exact) mass is 515 g/mol. The normalized spacial score (nSPS) is 17.9. The summed E-state index contributed by atoms with van der Waals surface area (Å²) in [5.41, 5.74) is 18.0. The van der Waals surface area contributed by atoms with Gasteiger partial charge in [0, 0.05) is 27.0 Å². The lowest BCUT2D eigenvalue weighted by Gasteiger charge is -2.42. The molecule has 1 aromatic heterocycles. The first-order chi connectivity index (χ1) is 19.1. The number of benzene rings is 5. The van der Waals surface area contributed by atoms with Gasteiger partial charge in [-0.1, -0.05) is 114 Å². The highest BCUT2D eigenvalue weighted by Crippen LogP contribution is 2.56. The van der Waals surface area contributed by atoms with Gasteiger partial charge in [-0.15, -0.1) is 0 Å². The van der Waals surface area contributed by atoms with Crippen molar-refractivity contribution in [3.8, 4) is 27.9 Å². The third-order valence-corrected chi connectivity index (χ3v) is 10.8. The lowest BCUT2D eigenvalue weighted by Crippen LogP contribution is -2.33. The summed E-state index contributed by atoms with van der Waals surface area (Å²) in [6.45, 7) is 14.4. The van der Waals surface area contributed by atoms with Gasteiger partial charge in [0.1, 0.15) is 0 Å². The van der Waals surface area contributed by atoms with Crippen molar-refractivity contribution in [1.82, 2.24) is 4.57 Å². The zero-order chi connectivity index (χ0) is 27.3. The molecule has 9 rings (SSSR count). The van der Waals surface area contributed by atoms with Crippen LogP contribution in [-0.2, 0) is 16.2 Å². The molecule has 194 valence electrons. The smallest absolute Gasteiger partial charge is 0.0582 e. The highest BCUT2D eigenvalue weighted by molar-refractivity contribution is 6.15. The van der Waals surface area contributed by atoms with E-state index in [1.807, 2.05) is 0 Å². The van der Waals surface area contributed by atoms with E-state index in [1.165, 1.54) is 83.1 Å². The number of rotatable bonds is 1. The van der Waals surface area contributed by atoms with Crippen LogP contribution in [0.2, 0.25) is 0 Å². The molecule has 3 aliphatic rings. The molecule has 6 aromatic rings. The molecule has 0 saturated carbocycles. The van der Waals surface area contributed by atoms with Gasteiger partial charge in [-0.25, -0.2) is 0 Å². The second-order valence-electron chi connectivity index (χ2n) is 13.8. The number of para-hydroxylation sites is 2. The van der Waals surface area contributed by atoms with E-state index < -0.39 is 0 Å². The quantitative estimate of drug-likeness (QED) is 0.205. The molecular weight excluding hydrogens is 482 g/mol. The van der Waals surface area contributed by atoms with Crippen molar-refractivity contribution in [3.05, 3.63) is 124 Å². The summed E-state index contributed by atoms with van der Waals surface area (Å²) in [7, 11) is 0. The minimum atomic E-state index is -0.107. The van der Waals surface area contributed by atoms with Gasteiger partial charge in [0.25, 0.3) is 0 Å². The fourth-order valence-electron chi connectivity index (χ4n) is 8.53. The number of aromatic nitrogens is 1. The average molecular weight is 516 g/mol. The van der Waals surface area contributed by atoms with Crippen molar-refractivity contribution in [2.75, 3.05) is 0 Å². The Hall–Kier alpha value is -4.10. The van der Waals surface area contributed by atoms with E-state index >= 15 is 0 Å². The lowest BCUT2D eigenvalue weighted by molar-refractivity contribution is 0.594. The molecule has 3 heterocycles. The summed E-state index contributed by atoms with van der Waals surface area (Å²) in [4.78, 5) is 0. The van der Waals surface area contributed by atoms with Crippen LogP contribution in [0.5, 0.6) is 0 Å². The Bertz CT molecular complexity index is 2130. The van der Waals surface area contributed by atoms with Crippen LogP contribution in [0, 0.1) is 0 Å². The van der Waals surface area contributed by atoms with Crippen molar-refractivity contribution in [2.45, 2.75) is 57.8 Å². The zero-order valence-electron chi connectivity index (χ0n) is 24.1. The molecule has 2 aliphatic heterocycles. The van der Waals surface area contributed by atoms with Crippen LogP contribution in [0.15, 0.2) is 91.0 Å². The third kappa shape index (κ3) is 2.39. The van der Waals surface area contributed by atoms with Crippen molar-refractivity contribution >= 4 is 21.8 Å². The molecule has 0 unspecified atom stereocenters. The largest absolute Gasteiger partial charge is 0.308 e. The van der Waals surface area contributed by atoms with Crippen LogP contribution < -0.4 is 0 Å². The van der Waals surface area contributed by atoms with Gasteiger partial charge in [0.15, 0.2) is 0 Å². The molecule has 0 amide bonds. The summed E-state index contributed by atoms with van der Waals surface area (Å²) in [6, 6.07) is 35.0. The molecule has 0 spiro atoms. The topological polar surface area (TPSA) is 4.93 Å². The van der Waals surface area contributed by atoms with Crippen LogP contribution in [0.1, 0.15) is 74.9 Å². The van der Waals surface area contributed by atoms with Crippen LogP contribution >= 0.6 is 0 Å². The van der Waals surface area contributed by atoms with E-state index in [0.29, 0.717) is 0 Å². The van der Waals surface area contributed by atoms with Crippen molar-refractivity contribution < 1.29 is 0 Å². The van der Waals surface area contributed by atoms with Gasteiger partial charge in [-0.3, -0.25) is 0 Å². The SMILES string of the molecule is CC1(C)c2ccccc2-c2ccc(-c3cc4c5c(c3)c3cccc6c3n5-c3c(cccc3C4(C)C)C6(C)C)cc21. The highest BCUT2D eigenvalue weighted by atomic mass is 15.0. The Morgan fingerprint density at radius 1 is 0.425 bits per heavy atom. The van der Waals surface area contributed by atoms with Gasteiger partial charge in [-0.05, 0) is 73.8 Å². The second kappa shape index (κ2) is 6.78. The molecule has 1 aliphatic carbocycles. The first-order valence-electron chi connectivity index (χ1n) is 14.6. The van der Waals surface area contributed by atoms with Crippen molar-refractivity contribution in [3.63, 3.8) is 0 Å². The third-order valence-electron chi connectivity index (χ3n) is 10.8. The van der Waals surface area contributed by atoms with Gasteiger partial charge in [0.2, 0.25) is 0 Å². The van der Waals surface area contributed by atoms with Gasteiger partial charge >= 0.3 is 0 Å². The average Bonchev–Trinajstić information content (AvgIpc) is 3.40. The molecule has 40 heavy (non-hydrogen) atoms. The molecule has 0 N–H and O–H groups in total. The zero-order valence-corrected chi connectivity index (χ0v) is 24.1. The summed E-state index contributed by atoms with van der Waals surface area (Å²) in [6.07, 6.45) is 0. The molecule has 0 atom stereocenters. The molecule has 0 radical (unpaired) electrons. The van der Waals surface area contributed by atoms with E-state index in [0.717, 1.165) is 0 Å². The van der Waals surface area contributed by atoms with E-state index in [-0.39, 0.29) is 16.2 Å². The predicted molar refractivity (Wildman–Crippen MR) is 168 cm³/mol. The Morgan fingerprint density at radius 2 is 1.00 bits per heavy atom. The number of fused-ring (bicyclic) bond motifs is 4. The second-order valence-corrected chi connectivity index (χ2v) is 13.8. The molecule has 0 bridgehead atoms. The minimum absolute atomic E-state index is 0.00974. The Morgan fingerprint density at radius 3 is 1.80 bits per heavy atom. The van der Waals surface area contributed by atoms with Crippen LogP contribution in [-0.4, -0.2) is 4.57 Å². The van der Waals surface area contributed by atoms with Crippen molar-refractivity contribution in [2.24, 2.45) is 0 Å². The van der Waals surface area contributed by atoms with Gasteiger partial charge in [0.05, 0.1) is 16.7 Å². The number of nitrogens with zero attached hydrogens (tertiary/aromatic N) is 1. The Labute approximate surface area is 236 Å². The maximum absolute atomic E-state index is 2.61. The van der Waals surface area contributed by atoms with Crippen LogP contribution in [0.25, 0.3) is 49.7 Å². The summed E-state index contributed by atoms with van der Waals surface area (Å²) in [5, 5.41) is 2.74. The summed E-state index contributed by atoms with van der Waals surface area (Å²) >= 11 is 0. The lowest BCUT2D eigenvalue weighted by atomic mass is 9.68. The predicted octanol–water partition coefficient (Wildman–Crippen LogP) is 10.0. The van der Waals surface area contributed by atoms with Gasteiger partial charge < -0.3 is 4.57 Å². The fraction of sp³-hybridized carbons (Fsp3) is 0.231. The van der Waals surface area contributed by atoms with Crippen LogP contribution in [0.3, 0.4) is 0 Å². The van der Waals surface area contributed by atoms with E-state index in [1.54, 1.807) is 0 Å². The molecule has 5 aromatic carbocycles. The molecular formula is C39H33N. The maximum atomic E-state index is 2.61. The molecule has 1 nitrogen and oxygen atoms in total. The Kier molecular flexibility index (Phi) is 3.85. The minimum Gasteiger partial charge on any atom is -0.308 e.